The summed E-state index contributed by atoms with van der Waals surface area (Å²) in [6.45, 7) is -0.684. The maximum atomic E-state index is 12.3. The third kappa shape index (κ3) is 11.2. The summed E-state index contributed by atoms with van der Waals surface area (Å²) < 4.78 is 0. The average Bonchev–Trinajstić information content (AvgIpc) is 2.61. The lowest BCUT2D eigenvalue weighted by atomic mass is 10.1. The van der Waals surface area contributed by atoms with E-state index in [2.05, 4.69) is 10.6 Å². The maximum absolute atomic E-state index is 12.3. The molecule has 0 aliphatic carbocycles. The molecule has 30 heavy (non-hydrogen) atoms. The molecule has 5 amide bonds. The Hall–Kier alpha value is -3.75. The molecule has 15 nitrogen and oxygen atoms in total. The molecule has 0 aromatic carbocycles. The number of carbonyl (C=O) groups excluding carboxylic acids is 5. The van der Waals surface area contributed by atoms with Crippen LogP contribution in [0.3, 0.4) is 0 Å². The molecule has 0 spiro atoms. The first kappa shape index (κ1) is 26.2. The lowest BCUT2D eigenvalue weighted by Crippen LogP contribution is -2.54. The second-order valence-corrected chi connectivity index (χ2v) is 6.12. The molecular formula is C15H24N6O9. The van der Waals surface area contributed by atoms with E-state index in [1.807, 2.05) is 5.32 Å². The van der Waals surface area contributed by atoms with Crippen molar-refractivity contribution >= 4 is 41.5 Å². The van der Waals surface area contributed by atoms with Gasteiger partial charge in [-0.1, -0.05) is 0 Å². The van der Waals surface area contributed by atoms with Gasteiger partial charge < -0.3 is 43.4 Å². The number of hydrogen-bond donors (Lipinski definition) is 8. The maximum Gasteiger partial charge on any atom is 0.326 e. The lowest BCUT2D eigenvalue weighted by molar-refractivity contribution is -0.143. The minimum atomic E-state index is -1.67. The second kappa shape index (κ2) is 12.7. The van der Waals surface area contributed by atoms with Crippen molar-refractivity contribution in [3.63, 3.8) is 0 Å². The molecule has 0 aliphatic heterocycles. The molecule has 0 radical (unpaired) electrons. The fourth-order valence-corrected chi connectivity index (χ4v) is 2.05. The zero-order valence-electron chi connectivity index (χ0n) is 15.8. The van der Waals surface area contributed by atoms with Crippen molar-refractivity contribution < 1.29 is 43.8 Å². The Kier molecular flexibility index (Phi) is 11.1. The van der Waals surface area contributed by atoms with Crippen LogP contribution in [0.2, 0.25) is 0 Å². The van der Waals surface area contributed by atoms with Crippen LogP contribution in [0.25, 0.3) is 0 Å². The molecule has 168 valence electrons. The van der Waals surface area contributed by atoms with Crippen LogP contribution < -0.4 is 33.2 Å². The number of amides is 5. The molecule has 0 aromatic rings. The summed E-state index contributed by atoms with van der Waals surface area (Å²) in [7, 11) is 0. The highest BCUT2D eigenvalue weighted by Crippen LogP contribution is 2.01. The number of carbonyl (C=O) groups is 7. The molecule has 0 bridgehead atoms. The van der Waals surface area contributed by atoms with Crippen molar-refractivity contribution in [2.75, 3.05) is 6.54 Å². The molecule has 15 heteroatoms. The normalized spacial score (nSPS) is 13.2. The summed E-state index contributed by atoms with van der Waals surface area (Å²) in [5.74, 6) is -7.57. The molecule has 3 unspecified atom stereocenters. The van der Waals surface area contributed by atoms with E-state index >= 15 is 0 Å². The standard InChI is InChI=1S/C15H24N6O9/c16-6(3-12(25)26)13(27)19-5-11(24)20-7(1-2-9(17)22)14(28)21-8(15(29)30)4-10(18)23/h6-8H,1-5,16H2,(H2,17,22)(H2,18,23)(H,19,27)(H,20,24)(H,21,28)(H,25,26)(H,29,30). The smallest absolute Gasteiger partial charge is 0.326 e. The predicted octanol–water partition coefficient (Wildman–Crippen LogP) is -4.90. The van der Waals surface area contributed by atoms with Gasteiger partial charge in [0.15, 0.2) is 0 Å². The van der Waals surface area contributed by atoms with E-state index in [1.54, 1.807) is 0 Å². The van der Waals surface area contributed by atoms with Gasteiger partial charge in [0.05, 0.1) is 25.4 Å². The van der Waals surface area contributed by atoms with Crippen LogP contribution >= 0.6 is 0 Å². The van der Waals surface area contributed by atoms with Crippen LogP contribution in [0, 0.1) is 0 Å². The number of rotatable bonds is 14. The van der Waals surface area contributed by atoms with Crippen LogP contribution in [0.4, 0.5) is 0 Å². The fourth-order valence-electron chi connectivity index (χ4n) is 2.05. The van der Waals surface area contributed by atoms with Gasteiger partial charge >= 0.3 is 11.9 Å². The van der Waals surface area contributed by atoms with Crippen molar-refractivity contribution in [3.05, 3.63) is 0 Å². The number of carboxylic acids is 2. The van der Waals surface area contributed by atoms with Crippen molar-refractivity contribution in [2.24, 2.45) is 17.2 Å². The number of aliphatic carboxylic acids is 2. The Morgan fingerprint density at radius 3 is 1.87 bits per heavy atom. The molecule has 0 aliphatic rings. The van der Waals surface area contributed by atoms with Crippen molar-refractivity contribution in [3.8, 4) is 0 Å². The minimum absolute atomic E-state index is 0.303. The Morgan fingerprint density at radius 2 is 1.40 bits per heavy atom. The Balaban J connectivity index is 5.00. The summed E-state index contributed by atoms with van der Waals surface area (Å²) in [4.78, 5) is 79.4. The van der Waals surface area contributed by atoms with Gasteiger partial charge in [0, 0.05) is 6.42 Å². The van der Waals surface area contributed by atoms with Crippen LogP contribution in [-0.2, 0) is 33.6 Å². The van der Waals surface area contributed by atoms with E-state index in [0.717, 1.165) is 0 Å². The summed E-state index contributed by atoms with van der Waals surface area (Å²) in [5, 5.41) is 23.8. The first-order valence-electron chi connectivity index (χ1n) is 8.47. The summed E-state index contributed by atoms with van der Waals surface area (Å²) in [6, 6.07) is -4.50. The Morgan fingerprint density at radius 1 is 0.800 bits per heavy atom. The van der Waals surface area contributed by atoms with Crippen molar-refractivity contribution in [1.29, 1.82) is 0 Å². The number of carboxylic acid groups (broad SMARTS) is 2. The van der Waals surface area contributed by atoms with Gasteiger partial charge in [-0.3, -0.25) is 28.8 Å². The lowest BCUT2D eigenvalue weighted by Gasteiger charge is -2.21. The molecule has 0 heterocycles. The summed E-state index contributed by atoms with van der Waals surface area (Å²) in [5.41, 5.74) is 15.2. The third-order valence-corrected chi connectivity index (χ3v) is 3.51. The largest absolute Gasteiger partial charge is 0.481 e. The molecule has 0 rings (SSSR count). The van der Waals surface area contributed by atoms with Crippen LogP contribution in [0.15, 0.2) is 0 Å². The molecule has 0 fully saturated rings. The van der Waals surface area contributed by atoms with Gasteiger partial charge in [-0.25, -0.2) is 4.79 Å². The topological polar surface area (TPSA) is 274 Å². The molecule has 0 saturated heterocycles. The predicted molar refractivity (Wildman–Crippen MR) is 97.0 cm³/mol. The average molecular weight is 432 g/mol. The molecular weight excluding hydrogens is 408 g/mol. The number of nitrogens with one attached hydrogen (secondary N) is 3. The van der Waals surface area contributed by atoms with Gasteiger partial charge in [-0.15, -0.1) is 0 Å². The van der Waals surface area contributed by atoms with Crippen LogP contribution in [0.1, 0.15) is 25.7 Å². The van der Waals surface area contributed by atoms with Gasteiger partial charge in [0.2, 0.25) is 29.5 Å². The van der Waals surface area contributed by atoms with E-state index in [-0.39, 0.29) is 12.8 Å². The highest BCUT2D eigenvalue weighted by atomic mass is 16.4. The third-order valence-electron chi connectivity index (χ3n) is 3.51. The van der Waals surface area contributed by atoms with Gasteiger partial charge in [0.25, 0.3) is 0 Å². The highest BCUT2D eigenvalue weighted by molar-refractivity contribution is 5.94. The van der Waals surface area contributed by atoms with E-state index in [1.165, 1.54) is 0 Å². The highest BCUT2D eigenvalue weighted by Gasteiger charge is 2.28. The Labute approximate surface area is 169 Å². The van der Waals surface area contributed by atoms with Crippen molar-refractivity contribution in [1.82, 2.24) is 16.0 Å². The zero-order chi connectivity index (χ0) is 23.4. The Bertz CT molecular complexity index is 711. The van der Waals surface area contributed by atoms with Crippen molar-refractivity contribution in [2.45, 2.75) is 43.8 Å². The zero-order valence-corrected chi connectivity index (χ0v) is 15.8. The molecule has 11 N–H and O–H groups in total. The van der Waals surface area contributed by atoms with E-state index < -0.39 is 79.0 Å². The first-order chi connectivity index (χ1) is 13.8. The van der Waals surface area contributed by atoms with Gasteiger partial charge in [0.1, 0.15) is 12.1 Å². The quantitative estimate of drug-likeness (QED) is 0.129. The second-order valence-electron chi connectivity index (χ2n) is 6.12. The van der Waals surface area contributed by atoms with Gasteiger partial charge in [-0.2, -0.15) is 0 Å². The SMILES string of the molecule is NC(=O)CCC(NC(=O)CNC(=O)C(N)CC(=O)O)C(=O)NC(CC(N)=O)C(=O)O. The van der Waals surface area contributed by atoms with E-state index in [9.17, 15) is 33.6 Å². The fraction of sp³-hybridized carbons (Fsp3) is 0.533. The van der Waals surface area contributed by atoms with Crippen LogP contribution in [-0.4, -0.2) is 76.4 Å². The monoisotopic (exact) mass is 432 g/mol. The molecule has 0 aromatic heterocycles. The van der Waals surface area contributed by atoms with E-state index in [0.29, 0.717) is 0 Å². The number of nitrogens with two attached hydrogens (primary N) is 3. The van der Waals surface area contributed by atoms with Crippen LogP contribution in [0.5, 0.6) is 0 Å². The van der Waals surface area contributed by atoms with Gasteiger partial charge in [-0.05, 0) is 6.42 Å². The number of primary amides is 2. The molecule has 3 atom stereocenters. The molecule has 0 saturated carbocycles. The van der Waals surface area contributed by atoms with E-state index in [4.69, 9.17) is 27.4 Å². The summed E-state index contributed by atoms with van der Waals surface area (Å²) in [6.07, 6.45) is -2.04. The minimum Gasteiger partial charge on any atom is -0.481 e. The number of hydrogen-bond acceptors (Lipinski definition) is 8. The first-order valence-corrected chi connectivity index (χ1v) is 8.47. The summed E-state index contributed by atoms with van der Waals surface area (Å²) >= 11 is 0.